The number of likely N-dealkylation sites (N-methyl/N-ethyl adjacent to an activating group) is 1. The fraction of sp³-hybridized carbons (Fsp3) is 0.929. The normalized spacial score (nSPS) is 24.4. The van der Waals surface area contributed by atoms with Crippen LogP contribution in [0.2, 0.25) is 0 Å². The number of ether oxygens (including phenoxy) is 1. The van der Waals surface area contributed by atoms with Gasteiger partial charge in [-0.3, -0.25) is 4.79 Å². The Balaban J connectivity index is 2.36. The van der Waals surface area contributed by atoms with Crippen molar-refractivity contribution in [3.05, 3.63) is 0 Å². The zero-order chi connectivity index (χ0) is 14.1. The molecule has 5 nitrogen and oxygen atoms in total. The molecule has 1 saturated heterocycles. The van der Waals surface area contributed by atoms with Crippen LogP contribution in [0.5, 0.6) is 0 Å². The molecule has 1 rings (SSSR count). The third kappa shape index (κ3) is 5.47. The molecule has 0 aromatic heterocycles. The first kappa shape index (κ1) is 16.4. The molecule has 5 heteroatoms. The molecule has 0 radical (unpaired) electrons. The lowest BCUT2D eigenvalue weighted by Gasteiger charge is -2.20. The molecule has 0 aliphatic carbocycles. The van der Waals surface area contributed by atoms with Gasteiger partial charge in [0.05, 0.1) is 19.1 Å². The topological polar surface area (TPSA) is 70.6 Å². The summed E-state index contributed by atoms with van der Waals surface area (Å²) in [6, 6.07) is 0.132. The van der Waals surface area contributed by atoms with Crippen molar-refractivity contribution in [1.29, 1.82) is 0 Å². The Bertz CT molecular complexity index is 255. The highest BCUT2D eigenvalue weighted by atomic mass is 16.5. The molecule has 3 N–H and O–H groups in total. The quantitative estimate of drug-likeness (QED) is 0.572. The predicted octanol–water partition coefficient (Wildman–Crippen LogP) is 0.526. The molecule has 1 amide bonds. The highest BCUT2D eigenvalue weighted by Crippen LogP contribution is 2.15. The Morgan fingerprint density at radius 1 is 1.37 bits per heavy atom. The highest BCUT2D eigenvalue weighted by Gasteiger charge is 2.33. The number of carbonyl (C=O) groups excluding carboxylic acids is 1. The maximum atomic E-state index is 12.1. The van der Waals surface area contributed by atoms with Crippen LogP contribution in [0.4, 0.5) is 0 Å². The third-order valence-corrected chi connectivity index (χ3v) is 3.68. The Morgan fingerprint density at radius 2 is 2.16 bits per heavy atom. The van der Waals surface area contributed by atoms with E-state index in [1.807, 2.05) is 6.92 Å². The van der Waals surface area contributed by atoms with E-state index >= 15 is 0 Å². The van der Waals surface area contributed by atoms with E-state index in [1.165, 1.54) is 0 Å². The number of carbonyl (C=O) groups is 1. The SMILES string of the molecule is CCCC(CCO)CNC(=O)C1COCC1NCC. The number of hydrogen-bond acceptors (Lipinski definition) is 4. The summed E-state index contributed by atoms with van der Waals surface area (Å²) in [6.07, 6.45) is 2.87. The van der Waals surface area contributed by atoms with E-state index < -0.39 is 0 Å². The van der Waals surface area contributed by atoms with Gasteiger partial charge in [-0.05, 0) is 25.3 Å². The summed E-state index contributed by atoms with van der Waals surface area (Å²) < 4.78 is 5.38. The van der Waals surface area contributed by atoms with E-state index in [-0.39, 0.29) is 24.5 Å². The third-order valence-electron chi connectivity index (χ3n) is 3.68. The van der Waals surface area contributed by atoms with Crippen molar-refractivity contribution in [2.24, 2.45) is 11.8 Å². The van der Waals surface area contributed by atoms with Gasteiger partial charge in [-0.15, -0.1) is 0 Å². The summed E-state index contributed by atoms with van der Waals surface area (Å²) in [5.41, 5.74) is 0. The number of amides is 1. The van der Waals surface area contributed by atoms with Crippen LogP contribution in [0.15, 0.2) is 0 Å². The molecule has 0 spiro atoms. The molecule has 3 unspecified atom stereocenters. The monoisotopic (exact) mass is 272 g/mol. The summed E-state index contributed by atoms with van der Waals surface area (Å²) in [4.78, 5) is 12.1. The molecule has 112 valence electrons. The Hall–Kier alpha value is -0.650. The van der Waals surface area contributed by atoms with Gasteiger partial charge >= 0.3 is 0 Å². The molecule has 3 atom stereocenters. The predicted molar refractivity (Wildman–Crippen MR) is 74.9 cm³/mol. The number of aliphatic hydroxyl groups excluding tert-OH is 1. The Kier molecular flexibility index (Phi) is 8.02. The number of nitrogens with one attached hydrogen (secondary N) is 2. The molecule has 0 saturated carbocycles. The lowest BCUT2D eigenvalue weighted by atomic mass is 9.98. The lowest BCUT2D eigenvalue weighted by Crippen LogP contribution is -2.45. The number of aliphatic hydroxyl groups is 1. The smallest absolute Gasteiger partial charge is 0.227 e. The zero-order valence-corrected chi connectivity index (χ0v) is 12.2. The van der Waals surface area contributed by atoms with E-state index in [9.17, 15) is 4.79 Å². The van der Waals surface area contributed by atoms with Crippen LogP contribution in [-0.4, -0.2) is 50.0 Å². The van der Waals surface area contributed by atoms with Crippen molar-refractivity contribution in [1.82, 2.24) is 10.6 Å². The van der Waals surface area contributed by atoms with Gasteiger partial charge in [-0.1, -0.05) is 20.3 Å². The van der Waals surface area contributed by atoms with Crippen LogP contribution in [0.3, 0.4) is 0 Å². The molecule has 1 heterocycles. The molecule has 0 bridgehead atoms. The van der Waals surface area contributed by atoms with Crippen molar-refractivity contribution >= 4 is 5.91 Å². The first-order valence-corrected chi connectivity index (χ1v) is 7.42. The summed E-state index contributed by atoms with van der Waals surface area (Å²) in [5, 5.41) is 15.3. The highest BCUT2D eigenvalue weighted by molar-refractivity contribution is 5.79. The van der Waals surface area contributed by atoms with E-state index in [2.05, 4.69) is 17.6 Å². The summed E-state index contributed by atoms with van der Waals surface area (Å²) in [5.74, 6) is 0.359. The minimum atomic E-state index is -0.0867. The molecule has 0 aromatic carbocycles. The van der Waals surface area contributed by atoms with Crippen LogP contribution in [0.25, 0.3) is 0 Å². The number of rotatable bonds is 9. The maximum absolute atomic E-state index is 12.1. The zero-order valence-electron chi connectivity index (χ0n) is 12.2. The number of hydrogen-bond donors (Lipinski definition) is 3. The average molecular weight is 272 g/mol. The molecular formula is C14H28N2O3. The van der Waals surface area contributed by atoms with E-state index in [4.69, 9.17) is 9.84 Å². The van der Waals surface area contributed by atoms with Gasteiger partial charge in [0.25, 0.3) is 0 Å². The van der Waals surface area contributed by atoms with Gasteiger partial charge < -0.3 is 20.5 Å². The first-order chi connectivity index (χ1) is 9.22. The summed E-state index contributed by atoms with van der Waals surface area (Å²) in [6.45, 7) is 6.96. The van der Waals surface area contributed by atoms with E-state index in [1.54, 1.807) is 0 Å². The van der Waals surface area contributed by atoms with Crippen molar-refractivity contribution in [2.75, 3.05) is 32.9 Å². The van der Waals surface area contributed by atoms with Crippen LogP contribution in [-0.2, 0) is 9.53 Å². The first-order valence-electron chi connectivity index (χ1n) is 7.42. The molecule has 1 aliphatic rings. The standard InChI is InChI=1S/C14H28N2O3/c1-3-5-11(6-7-17)8-16-14(18)12-9-19-10-13(12)15-4-2/h11-13,15,17H,3-10H2,1-2H3,(H,16,18). The maximum Gasteiger partial charge on any atom is 0.227 e. The van der Waals surface area contributed by atoms with Gasteiger partial charge in [0.15, 0.2) is 0 Å². The minimum Gasteiger partial charge on any atom is -0.396 e. The van der Waals surface area contributed by atoms with Gasteiger partial charge in [0.2, 0.25) is 5.91 Å². The van der Waals surface area contributed by atoms with Crippen molar-refractivity contribution < 1.29 is 14.6 Å². The average Bonchev–Trinajstić information content (AvgIpc) is 2.85. The molecule has 1 aliphatic heterocycles. The second-order valence-electron chi connectivity index (χ2n) is 5.22. The lowest BCUT2D eigenvalue weighted by molar-refractivity contribution is -0.125. The van der Waals surface area contributed by atoms with Gasteiger partial charge in [-0.2, -0.15) is 0 Å². The fourth-order valence-electron chi connectivity index (χ4n) is 2.59. The van der Waals surface area contributed by atoms with E-state index in [0.29, 0.717) is 25.7 Å². The largest absolute Gasteiger partial charge is 0.396 e. The van der Waals surface area contributed by atoms with Crippen LogP contribution in [0, 0.1) is 11.8 Å². The molecule has 1 fully saturated rings. The fourth-order valence-corrected chi connectivity index (χ4v) is 2.59. The van der Waals surface area contributed by atoms with Crippen LogP contribution in [0.1, 0.15) is 33.1 Å². The Morgan fingerprint density at radius 3 is 2.79 bits per heavy atom. The molecule has 0 aromatic rings. The van der Waals surface area contributed by atoms with Gasteiger partial charge in [0.1, 0.15) is 0 Å². The van der Waals surface area contributed by atoms with Crippen molar-refractivity contribution in [3.63, 3.8) is 0 Å². The molecule has 19 heavy (non-hydrogen) atoms. The summed E-state index contributed by atoms with van der Waals surface area (Å²) >= 11 is 0. The van der Waals surface area contributed by atoms with Crippen molar-refractivity contribution in [2.45, 2.75) is 39.2 Å². The van der Waals surface area contributed by atoms with Crippen molar-refractivity contribution in [3.8, 4) is 0 Å². The van der Waals surface area contributed by atoms with Crippen LogP contribution < -0.4 is 10.6 Å². The minimum absolute atomic E-state index is 0.0718. The Labute approximate surface area is 116 Å². The van der Waals surface area contributed by atoms with Gasteiger partial charge in [0, 0.05) is 19.2 Å². The van der Waals surface area contributed by atoms with Crippen LogP contribution >= 0.6 is 0 Å². The second kappa shape index (κ2) is 9.28. The van der Waals surface area contributed by atoms with Gasteiger partial charge in [-0.25, -0.2) is 0 Å². The summed E-state index contributed by atoms with van der Waals surface area (Å²) in [7, 11) is 0. The molecular weight excluding hydrogens is 244 g/mol. The second-order valence-corrected chi connectivity index (χ2v) is 5.22. The van der Waals surface area contributed by atoms with E-state index in [0.717, 1.165) is 25.8 Å².